The number of nitrogens with zero attached hydrogens (tertiary/aromatic N) is 3. The van der Waals surface area contributed by atoms with Crippen LogP contribution in [0.1, 0.15) is 16.1 Å². The maximum Gasteiger partial charge on any atom is 0.278 e. The molecule has 0 unspecified atom stereocenters. The Kier molecular flexibility index (Phi) is 3.76. The van der Waals surface area contributed by atoms with E-state index in [1.807, 2.05) is 6.92 Å². The maximum atomic E-state index is 12.3. The summed E-state index contributed by atoms with van der Waals surface area (Å²) in [6.07, 6.45) is 1.78. The Bertz CT molecular complexity index is 871. The molecule has 0 saturated heterocycles. The van der Waals surface area contributed by atoms with Crippen LogP contribution in [0.3, 0.4) is 0 Å². The molecule has 0 saturated carbocycles. The van der Waals surface area contributed by atoms with Crippen molar-refractivity contribution in [1.82, 2.24) is 14.8 Å². The van der Waals surface area contributed by atoms with Crippen LogP contribution in [-0.2, 0) is 7.05 Å². The Morgan fingerprint density at radius 1 is 1.45 bits per heavy atom. The highest BCUT2D eigenvalue weighted by Crippen LogP contribution is 2.37. The molecule has 0 spiro atoms. The van der Waals surface area contributed by atoms with Crippen LogP contribution in [0, 0.1) is 6.92 Å². The van der Waals surface area contributed by atoms with E-state index in [1.54, 1.807) is 37.2 Å². The number of aryl methyl sites for hydroxylation is 2. The number of aromatic nitrogens is 3. The van der Waals surface area contributed by atoms with Crippen molar-refractivity contribution < 1.29 is 9.53 Å². The summed E-state index contributed by atoms with van der Waals surface area (Å²) >= 11 is 7.47. The summed E-state index contributed by atoms with van der Waals surface area (Å²) in [5.41, 5.74) is 1.81. The molecule has 0 aliphatic rings. The summed E-state index contributed by atoms with van der Waals surface area (Å²) in [6, 6.07) is 3.49. The second-order valence-corrected chi connectivity index (χ2v) is 6.14. The van der Waals surface area contributed by atoms with E-state index in [2.05, 4.69) is 15.4 Å². The number of benzene rings is 1. The van der Waals surface area contributed by atoms with Gasteiger partial charge < -0.3 is 4.74 Å². The molecule has 1 aromatic carbocycles. The van der Waals surface area contributed by atoms with E-state index >= 15 is 0 Å². The summed E-state index contributed by atoms with van der Waals surface area (Å²) in [7, 11) is 3.34. The van der Waals surface area contributed by atoms with E-state index in [4.69, 9.17) is 16.3 Å². The number of halogens is 1. The van der Waals surface area contributed by atoms with Crippen molar-refractivity contribution in [2.75, 3.05) is 12.4 Å². The van der Waals surface area contributed by atoms with Gasteiger partial charge in [0.2, 0.25) is 0 Å². The van der Waals surface area contributed by atoms with Crippen LogP contribution in [0.15, 0.2) is 18.3 Å². The predicted octanol–water partition coefficient (Wildman–Crippen LogP) is 3.25. The first-order valence-electron chi connectivity index (χ1n) is 6.44. The number of carbonyl (C=O) groups is 1. The van der Waals surface area contributed by atoms with Gasteiger partial charge in [0, 0.05) is 18.8 Å². The van der Waals surface area contributed by atoms with Crippen LogP contribution in [0.2, 0.25) is 5.02 Å². The topological polar surface area (TPSA) is 69.0 Å². The third-order valence-electron chi connectivity index (χ3n) is 3.13. The zero-order valence-electron chi connectivity index (χ0n) is 12.2. The summed E-state index contributed by atoms with van der Waals surface area (Å²) in [5, 5.41) is 7.93. The summed E-state index contributed by atoms with van der Waals surface area (Å²) in [4.78, 5) is 16.7. The van der Waals surface area contributed by atoms with Crippen molar-refractivity contribution in [3.05, 3.63) is 34.6 Å². The van der Waals surface area contributed by atoms with Gasteiger partial charge in [0.25, 0.3) is 5.91 Å². The monoisotopic (exact) mass is 336 g/mol. The van der Waals surface area contributed by atoms with Gasteiger partial charge in [-0.25, -0.2) is 4.98 Å². The van der Waals surface area contributed by atoms with E-state index in [-0.39, 0.29) is 5.91 Å². The highest BCUT2D eigenvalue weighted by Gasteiger charge is 2.17. The fourth-order valence-electron chi connectivity index (χ4n) is 2.16. The van der Waals surface area contributed by atoms with Gasteiger partial charge in [-0.2, -0.15) is 5.10 Å². The number of rotatable bonds is 3. The molecule has 8 heteroatoms. The second-order valence-electron chi connectivity index (χ2n) is 4.73. The first-order valence-corrected chi connectivity index (χ1v) is 7.63. The average Bonchev–Trinajstić information content (AvgIpc) is 3.03. The summed E-state index contributed by atoms with van der Waals surface area (Å²) in [6.45, 7) is 1.83. The molecule has 1 amide bonds. The van der Waals surface area contributed by atoms with Crippen LogP contribution in [0.25, 0.3) is 10.2 Å². The quantitative estimate of drug-likeness (QED) is 0.797. The highest BCUT2D eigenvalue weighted by atomic mass is 35.5. The first-order chi connectivity index (χ1) is 10.5. The molecule has 22 heavy (non-hydrogen) atoms. The predicted molar refractivity (Wildman–Crippen MR) is 87.1 cm³/mol. The van der Waals surface area contributed by atoms with Crippen LogP contribution in [0.5, 0.6) is 5.75 Å². The van der Waals surface area contributed by atoms with E-state index in [0.717, 1.165) is 10.3 Å². The molecule has 2 aromatic heterocycles. The minimum absolute atomic E-state index is 0.299. The number of nitrogens with one attached hydrogen (secondary N) is 1. The number of methoxy groups -OCH3 is 1. The number of amides is 1. The van der Waals surface area contributed by atoms with E-state index in [9.17, 15) is 4.79 Å². The van der Waals surface area contributed by atoms with Crippen LogP contribution in [-0.4, -0.2) is 27.8 Å². The van der Waals surface area contributed by atoms with Gasteiger partial charge in [-0.05, 0) is 19.1 Å². The fourth-order valence-corrected chi connectivity index (χ4v) is 3.31. The zero-order chi connectivity index (χ0) is 15.9. The summed E-state index contributed by atoms with van der Waals surface area (Å²) < 4.78 is 7.64. The molecule has 3 aromatic rings. The largest absolute Gasteiger partial charge is 0.494 e. The van der Waals surface area contributed by atoms with Crippen molar-refractivity contribution >= 4 is 44.2 Å². The van der Waals surface area contributed by atoms with E-state index in [1.165, 1.54) is 11.3 Å². The normalized spacial score (nSPS) is 10.9. The van der Waals surface area contributed by atoms with Crippen molar-refractivity contribution in [3.63, 3.8) is 0 Å². The molecule has 0 aliphatic heterocycles. The molecule has 2 heterocycles. The van der Waals surface area contributed by atoms with Gasteiger partial charge in [0.05, 0.1) is 16.8 Å². The lowest BCUT2D eigenvalue weighted by molar-refractivity contribution is 0.102. The van der Waals surface area contributed by atoms with E-state index in [0.29, 0.717) is 27.1 Å². The van der Waals surface area contributed by atoms with Crippen LogP contribution < -0.4 is 10.1 Å². The van der Waals surface area contributed by atoms with Crippen LogP contribution in [0.4, 0.5) is 5.13 Å². The standard InChI is InChI=1S/C14H13ClN4O2S/c1-7-6-19(2)18-10(7)13(20)17-14-16-11-9(21-3)5-4-8(15)12(11)22-14/h4-6H,1-3H3,(H,16,17,20). The molecule has 1 N–H and O–H groups in total. The maximum absolute atomic E-state index is 12.3. The Hall–Kier alpha value is -2.12. The Morgan fingerprint density at radius 3 is 2.86 bits per heavy atom. The average molecular weight is 337 g/mol. The lowest BCUT2D eigenvalue weighted by Gasteiger charge is -2.00. The Morgan fingerprint density at radius 2 is 2.23 bits per heavy atom. The molecule has 3 rings (SSSR count). The number of hydrogen-bond acceptors (Lipinski definition) is 5. The minimum Gasteiger partial charge on any atom is -0.494 e. The third-order valence-corrected chi connectivity index (χ3v) is 4.56. The minimum atomic E-state index is -0.299. The van der Waals surface area contributed by atoms with E-state index < -0.39 is 0 Å². The first kappa shape index (κ1) is 14.8. The van der Waals surface area contributed by atoms with Crippen molar-refractivity contribution in [3.8, 4) is 5.75 Å². The smallest absolute Gasteiger partial charge is 0.278 e. The number of anilines is 1. The summed E-state index contributed by atoms with van der Waals surface area (Å²) in [5.74, 6) is 0.317. The molecular formula is C14H13ClN4O2S. The number of carbonyl (C=O) groups excluding carboxylic acids is 1. The zero-order valence-corrected chi connectivity index (χ0v) is 13.7. The lowest BCUT2D eigenvalue weighted by atomic mass is 10.3. The van der Waals surface area contributed by atoms with Crippen LogP contribution >= 0.6 is 22.9 Å². The SMILES string of the molecule is COc1ccc(Cl)c2sc(NC(=O)c3nn(C)cc3C)nc12. The Balaban J connectivity index is 1.96. The van der Waals surface area contributed by atoms with Gasteiger partial charge in [-0.1, -0.05) is 22.9 Å². The molecule has 0 radical (unpaired) electrons. The third kappa shape index (κ3) is 2.53. The molecular weight excluding hydrogens is 324 g/mol. The number of hydrogen-bond donors (Lipinski definition) is 1. The molecule has 0 aliphatic carbocycles. The van der Waals surface area contributed by atoms with Gasteiger partial charge in [0.1, 0.15) is 11.3 Å². The van der Waals surface area contributed by atoms with Gasteiger partial charge in [0.15, 0.2) is 10.8 Å². The number of ether oxygens (including phenoxy) is 1. The van der Waals surface area contributed by atoms with Crippen molar-refractivity contribution in [1.29, 1.82) is 0 Å². The lowest BCUT2D eigenvalue weighted by Crippen LogP contribution is -2.13. The highest BCUT2D eigenvalue weighted by molar-refractivity contribution is 7.23. The van der Waals surface area contributed by atoms with Crippen molar-refractivity contribution in [2.45, 2.75) is 6.92 Å². The van der Waals surface area contributed by atoms with Crippen molar-refractivity contribution in [2.24, 2.45) is 7.05 Å². The number of fused-ring (bicyclic) bond motifs is 1. The molecule has 0 bridgehead atoms. The molecule has 114 valence electrons. The fraction of sp³-hybridized carbons (Fsp3) is 0.214. The Labute approximate surface area is 135 Å². The molecule has 0 atom stereocenters. The molecule has 0 fully saturated rings. The second kappa shape index (κ2) is 5.58. The molecule has 6 nitrogen and oxygen atoms in total. The van der Waals surface area contributed by atoms with Gasteiger partial charge in [-0.15, -0.1) is 0 Å². The number of thiazole rings is 1. The van der Waals surface area contributed by atoms with Gasteiger partial charge in [-0.3, -0.25) is 14.8 Å². The van der Waals surface area contributed by atoms with Gasteiger partial charge >= 0.3 is 0 Å².